The average molecular weight is 193 g/mol. The Balaban J connectivity index is 3.80. The van der Waals surface area contributed by atoms with Crippen molar-refractivity contribution in [3.05, 3.63) is 37.0 Å². The molecule has 0 saturated heterocycles. The number of allylic oxidation sites excluding steroid dienone is 5. The van der Waals surface area contributed by atoms with Gasteiger partial charge in [0.15, 0.2) is 0 Å². The Morgan fingerprint density at radius 1 is 1.21 bits per heavy atom. The SMILES string of the molecule is C=CC=CC=CC(C)C(C)CCNC. The summed E-state index contributed by atoms with van der Waals surface area (Å²) < 4.78 is 0. The third-order valence-corrected chi connectivity index (χ3v) is 2.52. The van der Waals surface area contributed by atoms with Crippen LogP contribution in [0.4, 0.5) is 0 Å². The number of rotatable bonds is 7. The van der Waals surface area contributed by atoms with E-state index in [1.807, 2.05) is 19.2 Å². The van der Waals surface area contributed by atoms with Gasteiger partial charge in [0, 0.05) is 0 Å². The Kier molecular flexibility index (Phi) is 8.25. The van der Waals surface area contributed by atoms with Crippen molar-refractivity contribution < 1.29 is 0 Å². The van der Waals surface area contributed by atoms with E-state index in [9.17, 15) is 0 Å². The predicted molar refractivity (Wildman–Crippen MR) is 65.3 cm³/mol. The lowest BCUT2D eigenvalue weighted by Crippen LogP contribution is -2.15. The Bertz CT molecular complexity index is 191. The highest BCUT2D eigenvalue weighted by Gasteiger charge is 2.07. The lowest BCUT2D eigenvalue weighted by Gasteiger charge is -2.15. The smallest absolute Gasteiger partial charge is 0.00492 e. The topological polar surface area (TPSA) is 12.0 Å². The van der Waals surface area contributed by atoms with Crippen molar-refractivity contribution in [3.8, 4) is 0 Å². The summed E-state index contributed by atoms with van der Waals surface area (Å²) in [7, 11) is 2.00. The van der Waals surface area contributed by atoms with Crippen molar-refractivity contribution in [2.45, 2.75) is 20.3 Å². The lowest BCUT2D eigenvalue weighted by molar-refractivity contribution is 0.422. The van der Waals surface area contributed by atoms with Crippen LogP contribution in [0.15, 0.2) is 37.0 Å². The Morgan fingerprint density at radius 3 is 2.50 bits per heavy atom. The molecule has 0 radical (unpaired) electrons. The molecule has 0 bridgehead atoms. The molecule has 1 nitrogen and oxygen atoms in total. The van der Waals surface area contributed by atoms with Crippen molar-refractivity contribution in [3.63, 3.8) is 0 Å². The molecule has 0 spiro atoms. The van der Waals surface area contributed by atoms with Crippen LogP contribution < -0.4 is 5.32 Å². The highest BCUT2D eigenvalue weighted by Crippen LogP contribution is 2.15. The van der Waals surface area contributed by atoms with Gasteiger partial charge in [-0.1, -0.05) is 50.8 Å². The van der Waals surface area contributed by atoms with Gasteiger partial charge < -0.3 is 5.32 Å². The van der Waals surface area contributed by atoms with Gasteiger partial charge in [-0.05, 0) is 31.8 Å². The van der Waals surface area contributed by atoms with Gasteiger partial charge in [-0.2, -0.15) is 0 Å². The van der Waals surface area contributed by atoms with Crippen LogP contribution in [0.1, 0.15) is 20.3 Å². The molecule has 0 saturated carbocycles. The van der Waals surface area contributed by atoms with Crippen LogP contribution >= 0.6 is 0 Å². The molecule has 0 aliphatic rings. The summed E-state index contributed by atoms with van der Waals surface area (Å²) in [5.41, 5.74) is 0. The van der Waals surface area contributed by atoms with Crippen LogP contribution in [-0.2, 0) is 0 Å². The van der Waals surface area contributed by atoms with E-state index in [1.165, 1.54) is 6.42 Å². The third-order valence-electron chi connectivity index (χ3n) is 2.52. The van der Waals surface area contributed by atoms with Gasteiger partial charge in [0.05, 0.1) is 0 Å². The lowest BCUT2D eigenvalue weighted by atomic mass is 9.92. The van der Waals surface area contributed by atoms with E-state index < -0.39 is 0 Å². The maximum atomic E-state index is 3.62. The standard InChI is InChI=1S/C13H23N/c1-5-6-7-8-9-12(2)13(3)10-11-14-4/h5-9,12-14H,1,10-11H2,2-4H3. The normalized spacial score (nSPS) is 16.2. The molecule has 80 valence electrons. The molecule has 0 aliphatic heterocycles. The van der Waals surface area contributed by atoms with Crippen molar-refractivity contribution in [1.82, 2.24) is 5.32 Å². The first-order valence-corrected chi connectivity index (χ1v) is 5.32. The molecule has 0 aromatic carbocycles. The second-order valence-electron chi connectivity index (χ2n) is 3.73. The van der Waals surface area contributed by atoms with E-state index in [0.29, 0.717) is 5.92 Å². The van der Waals surface area contributed by atoms with Crippen molar-refractivity contribution in [2.75, 3.05) is 13.6 Å². The van der Waals surface area contributed by atoms with Crippen LogP contribution in [0.3, 0.4) is 0 Å². The molecular formula is C13H23N. The predicted octanol–water partition coefficient (Wildman–Crippen LogP) is 3.17. The summed E-state index contributed by atoms with van der Waals surface area (Å²) in [5.74, 6) is 1.37. The second kappa shape index (κ2) is 8.76. The summed E-state index contributed by atoms with van der Waals surface area (Å²) in [6.45, 7) is 9.28. The average Bonchev–Trinajstić information content (AvgIpc) is 2.20. The van der Waals surface area contributed by atoms with E-state index in [-0.39, 0.29) is 0 Å². The van der Waals surface area contributed by atoms with Crippen molar-refractivity contribution >= 4 is 0 Å². The van der Waals surface area contributed by atoms with Gasteiger partial charge in [0.2, 0.25) is 0 Å². The molecule has 0 aromatic heterocycles. The molecule has 0 aliphatic carbocycles. The zero-order valence-corrected chi connectivity index (χ0v) is 9.66. The Morgan fingerprint density at radius 2 is 1.93 bits per heavy atom. The van der Waals surface area contributed by atoms with Crippen LogP contribution in [0, 0.1) is 11.8 Å². The summed E-state index contributed by atoms with van der Waals surface area (Å²) in [5, 5.41) is 3.18. The monoisotopic (exact) mass is 193 g/mol. The minimum absolute atomic E-state index is 0.637. The zero-order valence-electron chi connectivity index (χ0n) is 9.66. The van der Waals surface area contributed by atoms with E-state index in [4.69, 9.17) is 0 Å². The Labute approximate surface area is 88.6 Å². The molecule has 0 aromatic rings. The fraction of sp³-hybridized carbons (Fsp3) is 0.538. The molecule has 0 heterocycles. The summed E-state index contributed by atoms with van der Waals surface area (Å²) in [4.78, 5) is 0. The quantitative estimate of drug-likeness (QED) is 0.612. The van der Waals surface area contributed by atoms with Gasteiger partial charge in [0.1, 0.15) is 0 Å². The van der Waals surface area contributed by atoms with Gasteiger partial charge in [-0.3, -0.25) is 0 Å². The van der Waals surface area contributed by atoms with Crippen LogP contribution in [-0.4, -0.2) is 13.6 Å². The van der Waals surface area contributed by atoms with E-state index in [1.54, 1.807) is 6.08 Å². The van der Waals surface area contributed by atoms with Crippen LogP contribution in [0.2, 0.25) is 0 Å². The summed E-state index contributed by atoms with van der Waals surface area (Å²) in [6.07, 6.45) is 11.3. The Hall–Kier alpha value is -0.820. The molecule has 2 atom stereocenters. The third kappa shape index (κ3) is 6.67. The molecule has 1 heteroatoms. The number of hydrogen-bond donors (Lipinski definition) is 1. The van der Waals surface area contributed by atoms with Gasteiger partial charge >= 0.3 is 0 Å². The molecular weight excluding hydrogens is 170 g/mol. The van der Waals surface area contributed by atoms with E-state index in [2.05, 4.69) is 37.9 Å². The molecule has 0 rings (SSSR count). The van der Waals surface area contributed by atoms with Crippen LogP contribution in [0.25, 0.3) is 0 Å². The second-order valence-corrected chi connectivity index (χ2v) is 3.73. The van der Waals surface area contributed by atoms with Crippen LogP contribution in [0.5, 0.6) is 0 Å². The molecule has 0 amide bonds. The maximum absolute atomic E-state index is 3.62. The van der Waals surface area contributed by atoms with Crippen molar-refractivity contribution in [1.29, 1.82) is 0 Å². The fourth-order valence-corrected chi connectivity index (χ4v) is 1.21. The first kappa shape index (κ1) is 13.2. The van der Waals surface area contributed by atoms with E-state index in [0.717, 1.165) is 12.5 Å². The van der Waals surface area contributed by atoms with E-state index >= 15 is 0 Å². The van der Waals surface area contributed by atoms with Crippen molar-refractivity contribution in [2.24, 2.45) is 11.8 Å². The number of nitrogens with one attached hydrogen (secondary N) is 1. The van der Waals surface area contributed by atoms with Gasteiger partial charge in [-0.15, -0.1) is 0 Å². The molecule has 0 fully saturated rings. The number of hydrogen-bond acceptors (Lipinski definition) is 1. The highest BCUT2D eigenvalue weighted by atomic mass is 14.8. The van der Waals surface area contributed by atoms with Gasteiger partial charge in [0.25, 0.3) is 0 Å². The fourth-order valence-electron chi connectivity index (χ4n) is 1.21. The summed E-state index contributed by atoms with van der Waals surface area (Å²) >= 11 is 0. The first-order valence-electron chi connectivity index (χ1n) is 5.32. The summed E-state index contributed by atoms with van der Waals surface area (Å²) in [6, 6.07) is 0. The first-order chi connectivity index (χ1) is 6.72. The maximum Gasteiger partial charge on any atom is -0.00492 e. The molecule has 2 unspecified atom stereocenters. The molecule has 1 N–H and O–H groups in total. The zero-order chi connectivity index (χ0) is 10.8. The highest BCUT2D eigenvalue weighted by molar-refractivity contribution is 5.09. The minimum Gasteiger partial charge on any atom is -0.320 e. The minimum atomic E-state index is 0.637. The largest absolute Gasteiger partial charge is 0.320 e. The molecule has 14 heavy (non-hydrogen) atoms. The van der Waals surface area contributed by atoms with Gasteiger partial charge in [-0.25, -0.2) is 0 Å².